The van der Waals surface area contributed by atoms with Crippen LogP contribution in [0.2, 0.25) is 19.6 Å². The van der Waals surface area contributed by atoms with Crippen LogP contribution in [0.25, 0.3) is 0 Å². The summed E-state index contributed by atoms with van der Waals surface area (Å²) in [5, 5.41) is 0. The Balaban J connectivity index is 2.49. The lowest BCUT2D eigenvalue weighted by Crippen LogP contribution is -2.22. The van der Waals surface area contributed by atoms with Gasteiger partial charge in [-0.2, -0.15) is 0 Å². The molecule has 0 fully saturated rings. The van der Waals surface area contributed by atoms with E-state index in [-0.39, 0.29) is 0 Å². The molecule has 0 spiro atoms. The normalized spacial score (nSPS) is 12.3. The van der Waals surface area contributed by atoms with E-state index in [4.69, 9.17) is 0 Å². The Kier molecular flexibility index (Phi) is 4.45. The molecule has 104 valence electrons. The SMILES string of the molecule is C/C(=C\[Si](C)(C)C)N(c1ccccc1)c1ccccc1. The van der Waals surface area contributed by atoms with Crippen LogP contribution in [-0.2, 0) is 0 Å². The fourth-order valence-electron chi connectivity index (χ4n) is 2.40. The zero-order chi connectivity index (χ0) is 14.6. The van der Waals surface area contributed by atoms with Crippen molar-refractivity contribution in [3.63, 3.8) is 0 Å². The fourth-order valence-corrected chi connectivity index (χ4v) is 3.78. The Morgan fingerprint density at radius 3 is 1.55 bits per heavy atom. The van der Waals surface area contributed by atoms with Crippen molar-refractivity contribution in [1.82, 2.24) is 0 Å². The molecule has 0 heterocycles. The Labute approximate surface area is 123 Å². The summed E-state index contributed by atoms with van der Waals surface area (Å²) in [6, 6.07) is 21.1. The smallest absolute Gasteiger partial charge is 0.0709 e. The van der Waals surface area contributed by atoms with Gasteiger partial charge in [-0.15, -0.1) is 0 Å². The highest BCUT2D eigenvalue weighted by atomic mass is 28.3. The first-order valence-corrected chi connectivity index (χ1v) is 10.6. The van der Waals surface area contributed by atoms with E-state index in [1.165, 1.54) is 17.1 Å². The highest BCUT2D eigenvalue weighted by Gasteiger charge is 2.15. The van der Waals surface area contributed by atoms with Crippen molar-refractivity contribution in [2.45, 2.75) is 26.6 Å². The Hall–Kier alpha value is -1.80. The van der Waals surface area contributed by atoms with E-state index in [1.54, 1.807) is 0 Å². The number of benzene rings is 2. The Morgan fingerprint density at radius 1 is 0.800 bits per heavy atom. The second kappa shape index (κ2) is 6.10. The van der Waals surface area contributed by atoms with E-state index in [9.17, 15) is 0 Å². The van der Waals surface area contributed by atoms with Crippen LogP contribution in [0.15, 0.2) is 72.1 Å². The molecule has 0 aliphatic rings. The number of hydrogen-bond donors (Lipinski definition) is 0. The van der Waals surface area contributed by atoms with Gasteiger partial charge >= 0.3 is 0 Å². The van der Waals surface area contributed by atoms with Gasteiger partial charge in [-0.25, -0.2) is 0 Å². The predicted octanol–water partition coefficient (Wildman–Crippen LogP) is 5.61. The second-order valence-corrected chi connectivity index (χ2v) is 11.2. The van der Waals surface area contributed by atoms with Crippen molar-refractivity contribution in [1.29, 1.82) is 0 Å². The summed E-state index contributed by atoms with van der Waals surface area (Å²) in [5.74, 6) is 0. The van der Waals surface area contributed by atoms with Crippen LogP contribution in [0.4, 0.5) is 11.4 Å². The molecule has 2 rings (SSSR count). The van der Waals surface area contributed by atoms with Crippen molar-refractivity contribution in [3.05, 3.63) is 72.1 Å². The van der Waals surface area contributed by atoms with E-state index in [2.05, 4.69) is 97.8 Å². The highest BCUT2D eigenvalue weighted by Crippen LogP contribution is 2.29. The number of rotatable bonds is 4. The molecule has 1 nitrogen and oxygen atoms in total. The molecule has 0 aliphatic carbocycles. The predicted molar refractivity (Wildman–Crippen MR) is 92.1 cm³/mol. The van der Waals surface area contributed by atoms with E-state index in [0.29, 0.717) is 0 Å². The lowest BCUT2D eigenvalue weighted by atomic mass is 10.2. The monoisotopic (exact) mass is 281 g/mol. The van der Waals surface area contributed by atoms with Gasteiger partial charge in [0.05, 0.1) is 8.07 Å². The number of para-hydroxylation sites is 2. The fraction of sp³-hybridized carbons (Fsp3) is 0.222. The largest absolute Gasteiger partial charge is 0.315 e. The van der Waals surface area contributed by atoms with Crippen LogP contribution >= 0.6 is 0 Å². The zero-order valence-corrected chi connectivity index (χ0v) is 13.8. The van der Waals surface area contributed by atoms with Crippen LogP contribution in [0, 0.1) is 0 Å². The molecule has 0 aliphatic heterocycles. The van der Waals surface area contributed by atoms with E-state index >= 15 is 0 Å². The highest BCUT2D eigenvalue weighted by molar-refractivity contribution is 6.81. The summed E-state index contributed by atoms with van der Waals surface area (Å²) in [7, 11) is -1.25. The van der Waals surface area contributed by atoms with Gasteiger partial charge in [0.1, 0.15) is 0 Å². The van der Waals surface area contributed by atoms with Crippen LogP contribution < -0.4 is 4.90 Å². The van der Waals surface area contributed by atoms with E-state index < -0.39 is 8.07 Å². The van der Waals surface area contributed by atoms with Gasteiger partial charge in [0, 0.05) is 17.1 Å². The molecule has 0 saturated carbocycles. The average molecular weight is 281 g/mol. The zero-order valence-electron chi connectivity index (χ0n) is 12.8. The molecule has 0 radical (unpaired) electrons. The molecule has 0 bridgehead atoms. The van der Waals surface area contributed by atoms with Gasteiger partial charge in [-0.3, -0.25) is 0 Å². The van der Waals surface area contributed by atoms with Crippen molar-refractivity contribution < 1.29 is 0 Å². The topological polar surface area (TPSA) is 3.24 Å². The summed E-state index contributed by atoms with van der Waals surface area (Å²) < 4.78 is 0. The molecule has 0 amide bonds. The third-order valence-electron chi connectivity index (χ3n) is 3.02. The maximum Gasteiger partial charge on any atom is 0.0709 e. The Bertz CT molecular complexity index is 528. The van der Waals surface area contributed by atoms with Crippen molar-refractivity contribution in [3.8, 4) is 0 Å². The molecule has 2 heteroatoms. The van der Waals surface area contributed by atoms with Crippen molar-refractivity contribution >= 4 is 19.4 Å². The van der Waals surface area contributed by atoms with Crippen molar-refractivity contribution in [2.75, 3.05) is 4.90 Å². The molecular formula is C18H23NSi. The van der Waals surface area contributed by atoms with Gasteiger partial charge < -0.3 is 4.90 Å². The first kappa shape index (κ1) is 14.6. The first-order valence-electron chi connectivity index (χ1n) is 7.07. The summed E-state index contributed by atoms with van der Waals surface area (Å²) in [6.07, 6.45) is 0. The summed E-state index contributed by atoms with van der Waals surface area (Å²) >= 11 is 0. The standard InChI is InChI=1S/C18H23NSi/c1-16(15-20(2,3)4)19(17-11-7-5-8-12-17)18-13-9-6-10-14-18/h5-15H,1-4H3/b16-15+. The number of allylic oxidation sites excluding steroid dienone is 1. The molecule has 0 aromatic heterocycles. The molecule has 20 heavy (non-hydrogen) atoms. The molecular weight excluding hydrogens is 258 g/mol. The van der Waals surface area contributed by atoms with Gasteiger partial charge in [0.25, 0.3) is 0 Å². The molecule has 2 aromatic carbocycles. The minimum atomic E-state index is -1.25. The second-order valence-electron chi connectivity index (χ2n) is 6.16. The number of nitrogens with zero attached hydrogens (tertiary/aromatic N) is 1. The first-order chi connectivity index (χ1) is 9.47. The number of anilines is 2. The lowest BCUT2D eigenvalue weighted by Gasteiger charge is -2.27. The summed E-state index contributed by atoms with van der Waals surface area (Å²) in [4.78, 5) is 2.33. The van der Waals surface area contributed by atoms with Gasteiger partial charge in [-0.05, 0) is 31.2 Å². The van der Waals surface area contributed by atoms with Crippen LogP contribution in [-0.4, -0.2) is 8.07 Å². The number of hydrogen-bond acceptors (Lipinski definition) is 1. The third-order valence-corrected chi connectivity index (χ3v) is 4.31. The van der Waals surface area contributed by atoms with Gasteiger partial charge in [-0.1, -0.05) is 61.7 Å². The van der Waals surface area contributed by atoms with Crippen molar-refractivity contribution in [2.24, 2.45) is 0 Å². The minimum Gasteiger partial charge on any atom is -0.315 e. The molecule has 0 unspecified atom stereocenters. The molecule has 0 saturated heterocycles. The minimum absolute atomic E-state index is 1.21. The molecule has 0 N–H and O–H groups in total. The van der Waals surface area contributed by atoms with Crippen LogP contribution in [0.5, 0.6) is 0 Å². The molecule has 0 atom stereocenters. The van der Waals surface area contributed by atoms with E-state index in [0.717, 1.165) is 0 Å². The summed E-state index contributed by atoms with van der Waals surface area (Å²) in [6.45, 7) is 9.30. The van der Waals surface area contributed by atoms with Gasteiger partial charge in [0.15, 0.2) is 0 Å². The maximum absolute atomic E-state index is 2.45. The van der Waals surface area contributed by atoms with Crippen LogP contribution in [0.1, 0.15) is 6.92 Å². The maximum atomic E-state index is 2.45. The van der Waals surface area contributed by atoms with Crippen LogP contribution in [0.3, 0.4) is 0 Å². The van der Waals surface area contributed by atoms with Gasteiger partial charge in [0.2, 0.25) is 0 Å². The third kappa shape index (κ3) is 3.84. The Morgan fingerprint density at radius 2 is 1.20 bits per heavy atom. The summed E-state index contributed by atoms with van der Waals surface area (Å²) in [5.41, 5.74) is 6.19. The lowest BCUT2D eigenvalue weighted by molar-refractivity contribution is 1.16. The quantitative estimate of drug-likeness (QED) is 0.659. The van der Waals surface area contributed by atoms with E-state index in [1.807, 2.05) is 0 Å². The molecule has 2 aromatic rings. The average Bonchev–Trinajstić information content (AvgIpc) is 2.39.